The Labute approximate surface area is 140 Å². The van der Waals surface area contributed by atoms with E-state index in [0.29, 0.717) is 18.0 Å². The van der Waals surface area contributed by atoms with E-state index in [2.05, 4.69) is 15.1 Å². The summed E-state index contributed by atoms with van der Waals surface area (Å²) in [5.74, 6) is 0.271. The van der Waals surface area contributed by atoms with Crippen LogP contribution in [0.15, 0.2) is 28.7 Å². The topological polar surface area (TPSA) is 71.6 Å². The molecule has 1 saturated heterocycles. The summed E-state index contributed by atoms with van der Waals surface area (Å²) in [6, 6.07) is 6.28. The van der Waals surface area contributed by atoms with Crippen molar-refractivity contribution in [1.82, 2.24) is 15.1 Å². The minimum absolute atomic E-state index is 0.0571. The SMILES string of the molecule is COC[C@@H](O)CN1CCCCC1c1nnc(-c2ccccc2F)o1. The lowest BCUT2D eigenvalue weighted by Gasteiger charge is -2.34. The van der Waals surface area contributed by atoms with Gasteiger partial charge in [0.2, 0.25) is 5.89 Å². The van der Waals surface area contributed by atoms with Gasteiger partial charge in [0, 0.05) is 13.7 Å². The van der Waals surface area contributed by atoms with Crippen LogP contribution in [0.3, 0.4) is 0 Å². The van der Waals surface area contributed by atoms with Crippen molar-refractivity contribution in [2.45, 2.75) is 31.4 Å². The van der Waals surface area contributed by atoms with E-state index in [1.165, 1.54) is 6.07 Å². The minimum Gasteiger partial charge on any atom is -0.419 e. The Morgan fingerprint density at radius 3 is 3.00 bits per heavy atom. The number of methoxy groups -OCH3 is 1. The summed E-state index contributed by atoms with van der Waals surface area (Å²) < 4.78 is 24.6. The molecule has 1 N–H and O–H groups in total. The number of likely N-dealkylation sites (tertiary alicyclic amines) is 1. The number of β-amino-alcohol motifs (C(OH)–C–C–N with tert-alkyl or cyclic N) is 1. The van der Waals surface area contributed by atoms with Gasteiger partial charge in [-0.3, -0.25) is 4.90 Å². The molecular formula is C17H22FN3O3. The Hall–Kier alpha value is -1.83. The van der Waals surface area contributed by atoms with Crippen LogP contribution < -0.4 is 0 Å². The van der Waals surface area contributed by atoms with Crippen LogP contribution in [0.1, 0.15) is 31.2 Å². The normalized spacial score (nSPS) is 20.2. The highest BCUT2D eigenvalue weighted by atomic mass is 19.1. The van der Waals surface area contributed by atoms with Crippen LogP contribution in [0.4, 0.5) is 4.39 Å². The molecule has 0 radical (unpaired) electrons. The van der Waals surface area contributed by atoms with Gasteiger partial charge in [0.25, 0.3) is 5.89 Å². The Morgan fingerprint density at radius 1 is 1.38 bits per heavy atom. The first-order chi connectivity index (χ1) is 11.7. The second-order valence-corrected chi connectivity index (χ2v) is 6.04. The van der Waals surface area contributed by atoms with Gasteiger partial charge in [-0.2, -0.15) is 0 Å². The van der Waals surface area contributed by atoms with Crippen LogP contribution in [0.25, 0.3) is 11.5 Å². The van der Waals surface area contributed by atoms with E-state index in [4.69, 9.17) is 9.15 Å². The van der Waals surface area contributed by atoms with Gasteiger partial charge in [0.15, 0.2) is 0 Å². The van der Waals surface area contributed by atoms with Crippen LogP contribution in [-0.2, 0) is 4.74 Å². The highest BCUT2D eigenvalue weighted by Gasteiger charge is 2.30. The average molecular weight is 335 g/mol. The number of rotatable bonds is 6. The molecule has 2 heterocycles. The van der Waals surface area contributed by atoms with Crippen molar-refractivity contribution in [3.63, 3.8) is 0 Å². The number of benzene rings is 1. The predicted octanol–water partition coefficient (Wildman–Crippen LogP) is 2.41. The van der Waals surface area contributed by atoms with E-state index in [-0.39, 0.29) is 24.4 Å². The molecular weight excluding hydrogens is 313 g/mol. The Balaban J connectivity index is 1.78. The van der Waals surface area contributed by atoms with Gasteiger partial charge in [-0.25, -0.2) is 4.39 Å². The highest BCUT2D eigenvalue weighted by Crippen LogP contribution is 2.32. The molecule has 2 atom stereocenters. The lowest BCUT2D eigenvalue weighted by atomic mass is 10.0. The molecule has 24 heavy (non-hydrogen) atoms. The molecule has 0 aliphatic carbocycles. The number of piperidine rings is 1. The van der Waals surface area contributed by atoms with Gasteiger partial charge in [-0.1, -0.05) is 18.6 Å². The molecule has 0 saturated carbocycles. The largest absolute Gasteiger partial charge is 0.419 e. The quantitative estimate of drug-likeness (QED) is 0.874. The molecule has 1 aromatic heterocycles. The minimum atomic E-state index is -0.565. The number of aliphatic hydroxyl groups excluding tert-OH is 1. The third kappa shape index (κ3) is 3.80. The zero-order valence-electron chi connectivity index (χ0n) is 13.7. The van der Waals surface area contributed by atoms with Crippen LogP contribution in [0.5, 0.6) is 0 Å². The maximum atomic E-state index is 13.9. The summed E-state index contributed by atoms with van der Waals surface area (Å²) in [4.78, 5) is 2.13. The number of hydrogen-bond donors (Lipinski definition) is 1. The van der Waals surface area contributed by atoms with Crippen molar-refractivity contribution >= 4 is 0 Å². The summed E-state index contributed by atoms with van der Waals surface area (Å²) in [5.41, 5.74) is 0.304. The molecule has 1 aliphatic heterocycles. The number of ether oxygens (including phenoxy) is 1. The van der Waals surface area contributed by atoms with Crippen molar-refractivity contribution < 1.29 is 18.7 Å². The third-order valence-electron chi connectivity index (χ3n) is 4.25. The molecule has 1 fully saturated rings. The van der Waals surface area contributed by atoms with Crippen molar-refractivity contribution in [3.05, 3.63) is 36.0 Å². The predicted molar refractivity (Wildman–Crippen MR) is 85.7 cm³/mol. The fourth-order valence-electron chi connectivity index (χ4n) is 3.12. The molecule has 1 aromatic carbocycles. The van der Waals surface area contributed by atoms with E-state index >= 15 is 0 Å². The molecule has 2 aromatic rings. The van der Waals surface area contributed by atoms with E-state index in [9.17, 15) is 9.50 Å². The average Bonchev–Trinajstić information content (AvgIpc) is 3.05. The highest BCUT2D eigenvalue weighted by molar-refractivity contribution is 5.53. The smallest absolute Gasteiger partial charge is 0.250 e. The number of aliphatic hydroxyl groups is 1. The van der Waals surface area contributed by atoms with Crippen LogP contribution in [0, 0.1) is 5.82 Å². The Bertz CT molecular complexity index is 664. The van der Waals surface area contributed by atoms with Crippen molar-refractivity contribution in [3.8, 4) is 11.5 Å². The van der Waals surface area contributed by atoms with Gasteiger partial charge in [0.05, 0.1) is 24.3 Å². The summed E-state index contributed by atoms with van der Waals surface area (Å²) >= 11 is 0. The summed E-state index contributed by atoms with van der Waals surface area (Å²) in [7, 11) is 1.57. The van der Waals surface area contributed by atoms with E-state index in [1.807, 2.05) is 0 Å². The van der Waals surface area contributed by atoms with Crippen molar-refractivity contribution in [2.24, 2.45) is 0 Å². The molecule has 0 bridgehead atoms. The van der Waals surface area contributed by atoms with Crippen molar-refractivity contribution in [2.75, 3.05) is 26.8 Å². The maximum Gasteiger partial charge on any atom is 0.250 e. The van der Waals surface area contributed by atoms with Gasteiger partial charge >= 0.3 is 0 Å². The fourth-order valence-corrected chi connectivity index (χ4v) is 3.12. The zero-order valence-corrected chi connectivity index (χ0v) is 13.7. The molecule has 7 heteroatoms. The molecule has 1 aliphatic rings. The number of nitrogens with zero attached hydrogens (tertiary/aromatic N) is 3. The molecule has 3 rings (SSSR count). The monoisotopic (exact) mass is 335 g/mol. The molecule has 6 nitrogen and oxygen atoms in total. The molecule has 0 spiro atoms. The van der Waals surface area contributed by atoms with E-state index in [1.54, 1.807) is 25.3 Å². The van der Waals surface area contributed by atoms with Crippen LogP contribution in [-0.4, -0.2) is 53.1 Å². The first-order valence-electron chi connectivity index (χ1n) is 8.18. The number of halogens is 1. The van der Waals surface area contributed by atoms with E-state index < -0.39 is 6.10 Å². The first kappa shape index (κ1) is 17.0. The Morgan fingerprint density at radius 2 is 2.21 bits per heavy atom. The summed E-state index contributed by atoms with van der Waals surface area (Å²) in [5, 5.41) is 18.1. The third-order valence-corrected chi connectivity index (χ3v) is 4.25. The lowest BCUT2D eigenvalue weighted by molar-refractivity contribution is 0.0131. The maximum absolute atomic E-state index is 13.9. The molecule has 1 unspecified atom stereocenters. The summed E-state index contributed by atoms with van der Waals surface area (Å²) in [6.45, 7) is 1.62. The van der Waals surface area contributed by atoms with Crippen LogP contribution in [0.2, 0.25) is 0 Å². The van der Waals surface area contributed by atoms with Gasteiger partial charge in [0.1, 0.15) is 5.82 Å². The van der Waals surface area contributed by atoms with Crippen LogP contribution >= 0.6 is 0 Å². The second kappa shape index (κ2) is 7.83. The molecule has 0 amide bonds. The van der Waals surface area contributed by atoms with Crippen molar-refractivity contribution in [1.29, 1.82) is 0 Å². The molecule has 130 valence electrons. The van der Waals surface area contributed by atoms with Gasteiger partial charge in [-0.15, -0.1) is 10.2 Å². The summed E-state index contributed by atoms with van der Waals surface area (Å²) in [6.07, 6.45) is 2.42. The zero-order chi connectivity index (χ0) is 16.9. The lowest BCUT2D eigenvalue weighted by Crippen LogP contribution is -2.40. The number of aromatic nitrogens is 2. The van der Waals surface area contributed by atoms with E-state index in [0.717, 1.165) is 25.8 Å². The standard InChI is InChI=1S/C17H22FN3O3/c1-23-11-12(22)10-21-9-5-4-8-15(21)17-20-19-16(24-17)13-6-2-3-7-14(13)18/h2-3,6-7,12,15,22H,4-5,8-11H2,1H3/t12-,15?/m0/s1. The second-order valence-electron chi connectivity index (χ2n) is 6.04. The fraction of sp³-hybridized carbons (Fsp3) is 0.529. The first-order valence-corrected chi connectivity index (χ1v) is 8.18. The Kier molecular flexibility index (Phi) is 5.55. The number of hydrogen-bond acceptors (Lipinski definition) is 6. The van der Waals surface area contributed by atoms with Gasteiger partial charge in [-0.05, 0) is 31.5 Å². The van der Waals surface area contributed by atoms with Gasteiger partial charge < -0.3 is 14.3 Å².